The molecule has 14 heavy (non-hydrogen) atoms. The van der Waals surface area contributed by atoms with Gasteiger partial charge in [0.25, 0.3) is 0 Å². The van der Waals surface area contributed by atoms with Crippen molar-refractivity contribution in [3.8, 4) is 0 Å². The normalized spacial score (nSPS) is 22.2. The Bertz CT molecular complexity index is 321. The first kappa shape index (κ1) is 9.74. The molecule has 1 aromatic heterocycles. The summed E-state index contributed by atoms with van der Waals surface area (Å²) in [5.74, 6) is 0. The molecule has 2 rings (SSSR count). The van der Waals surface area contributed by atoms with Gasteiger partial charge in [-0.2, -0.15) is 0 Å². The highest BCUT2D eigenvalue weighted by Crippen LogP contribution is 2.28. The lowest BCUT2D eigenvalue weighted by atomic mass is 9.99. The van der Waals surface area contributed by atoms with Crippen LogP contribution < -0.4 is 11.1 Å². The van der Waals surface area contributed by atoms with Crippen LogP contribution in [-0.4, -0.2) is 11.5 Å². The van der Waals surface area contributed by atoms with E-state index in [2.05, 4.69) is 10.3 Å². The van der Waals surface area contributed by atoms with Gasteiger partial charge in [0.05, 0.1) is 11.9 Å². The molecule has 0 saturated carbocycles. The van der Waals surface area contributed by atoms with Gasteiger partial charge in [-0.1, -0.05) is 18.0 Å². The highest BCUT2D eigenvalue weighted by atomic mass is 35.5. The highest BCUT2D eigenvalue weighted by molar-refractivity contribution is 6.30. The third-order valence-corrected chi connectivity index (χ3v) is 2.89. The number of rotatable bonds is 1. The second-order valence-electron chi connectivity index (χ2n) is 3.65. The molecule has 4 heteroatoms. The molecule has 0 aliphatic carbocycles. The van der Waals surface area contributed by atoms with Crippen LogP contribution in [0.15, 0.2) is 12.3 Å². The van der Waals surface area contributed by atoms with E-state index in [0.29, 0.717) is 16.9 Å². The van der Waals surface area contributed by atoms with E-state index >= 15 is 0 Å². The summed E-state index contributed by atoms with van der Waals surface area (Å²) in [6.07, 6.45) is 5.19. The molecule has 0 amide bonds. The first-order valence-corrected chi connectivity index (χ1v) is 5.29. The number of nitrogens with two attached hydrogens (primary N) is 1. The van der Waals surface area contributed by atoms with E-state index in [1.165, 1.54) is 12.8 Å². The van der Waals surface area contributed by atoms with E-state index in [-0.39, 0.29) is 0 Å². The maximum absolute atomic E-state index is 6.02. The molecular weight excluding hydrogens is 198 g/mol. The van der Waals surface area contributed by atoms with Gasteiger partial charge in [-0.05, 0) is 25.5 Å². The molecule has 0 spiro atoms. The van der Waals surface area contributed by atoms with Crippen molar-refractivity contribution in [3.63, 3.8) is 0 Å². The van der Waals surface area contributed by atoms with Crippen LogP contribution in [0.25, 0.3) is 0 Å². The van der Waals surface area contributed by atoms with Crippen molar-refractivity contribution in [1.29, 1.82) is 0 Å². The number of hydrogen-bond acceptors (Lipinski definition) is 3. The van der Waals surface area contributed by atoms with Crippen molar-refractivity contribution < 1.29 is 0 Å². The molecule has 3 N–H and O–H groups in total. The quantitative estimate of drug-likeness (QED) is 0.700. The summed E-state index contributed by atoms with van der Waals surface area (Å²) in [5, 5.41) is 3.99. The summed E-state index contributed by atoms with van der Waals surface area (Å²) in [4.78, 5) is 4.05. The molecule has 76 valence electrons. The van der Waals surface area contributed by atoms with Crippen molar-refractivity contribution in [2.24, 2.45) is 0 Å². The minimum atomic E-state index is 0.326. The Kier molecular flexibility index (Phi) is 2.89. The number of anilines is 1. The van der Waals surface area contributed by atoms with Gasteiger partial charge in [-0.15, -0.1) is 0 Å². The van der Waals surface area contributed by atoms with Crippen LogP contribution in [-0.2, 0) is 0 Å². The average Bonchev–Trinajstić information content (AvgIpc) is 2.23. The summed E-state index contributed by atoms with van der Waals surface area (Å²) in [5.41, 5.74) is 7.40. The summed E-state index contributed by atoms with van der Waals surface area (Å²) < 4.78 is 0. The predicted octanol–water partition coefficient (Wildman–Crippen LogP) is 2.13. The van der Waals surface area contributed by atoms with E-state index in [9.17, 15) is 0 Å². The number of halogens is 1. The van der Waals surface area contributed by atoms with Gasteiger partial charge in [0.2, 0.25) is 0 Å². The van der Waals surface area contributed by atoms with Gasteiger partial charge in [0, 0.05) is 11.6 Å². The van der Waals surface area contributed by atoms with Gasteiger partial charge < -0.3 is 11.1 Å². The molecule has 1 aromatic rings. The van der Waals surface area contributed by atoms with Crippen LogP contribution in [0, 0.1) is 0 Å². The molecule has 1 atom stereocenters. The summed E-state index contributed by atoms with van der Waals surface area (Å²) >= 11 is 6.02. The fraction of sp³-hybridized carbons (Fsp3) is 0.500. The second kappa shape index (κ2) is 4.15. The Morgan fingerprint density at radius 3 is 3.07 bits per heavy atom. The van der Waals surface area contributed by atoms with E-state index < -0.39 is 0 Å². The molecule has 3 nitrogen and oxygen atoms in total. The van der Waals surface area contributed by atoms with Crippen LogP contribution in [0.4, 0.5) is 5.69 Å². The predicted molar refractivity (Wildman–Crippen MR) is 58.3 cm³/mol. The van der Waals surface area contributed by atoms with Crippen molar-refractivity contribution in [2.45, 2.75) is 25.3 Å². The Labute approximate surface area is 88.7 Å². The topological polar surface area (TPSA) is 50.9 Å². The van der Waals surface area contributed by atoms with E-state index in [4.69, 9.17) is 17.3 Å². The maximum atomic E-state index is 6.02. The van der Waals surface area contributed by atoms with E-state index in [0.717, 1.165) is 18.5 Å². The Hall–Kier alpha value is -0.800. The van der Waals surface area contributed by atoms with Gasteiger partial charge >= 0.3 is 0 Å². The monoisotopic (exact) mass is 211 g/mol. The van der Waals surface area contributed by atoms with Gasteiger partial charge in [-0.25, -0.2) is 4.98 Å². The average molecular weight is 212 g/mol. The fourth-order valence-electron chi connectivity index (χ4n) is 1.84. The molecule has 1 unspecified atom stereocenters. The van der Waals surface area contributed by atoms with Crippen LogP contribution >= 0.6 is 11.6 Å². The number of nitrogens with zero attached hydrogens (tertiary/aromatic N) is 1. The zero-order valence-corrected chi connectivity index (χ0v) is 8.72. The van der Waals surface area contributed by atoms with Crippen molar-refractivity contribution >= 4 is 17.3 Å². The van der Waals surface area contributed by atoms with Crippen LogP contribution in [0.3, 0.4) is 0 Å². The number of hydrogen-bond donors (Lipinski definition) is 2. The summed E-state index contributed by atoms with van der Waals surface area (Å²) in [6, 6.07) is 2.24. The third-order valence-electron chi connectivity index (χ3n) is 2.57. The molecule has 2 heterocycles. The summed E-state index contributed by atoms with van der Waals surface area (Å²) in [7, 11) is 0. The molecule has 1 aliphatic heterocycles. The Balaban J connectivity index is 2.24. The fourth-order valence-corrected chi connectivity index (χ4v) is 2.08. The Morgan fingerprint density at radius 2 is 2.36 bits per heavy atom. The molecule has 1 fully saturated rings. The lowest BCUT2D eigenvalue weighted by molar-refractivity contribution is 0.412. The first-order chi connectivity index (χ1) is 6.77. The van der Waals surface area contributed by atoms with E-state index in [1.807, 2.05) is 6.07 Å². The standard InChI is InChI=1S/C10H14ClN3/c11-10-8(5-7(12)6-14-10)9-3-1-2-4-13-9/h5-6,9,13H,1-4,12H2. The third kappa shape index (κ3) is 1.99. The first-order valence-electron chi connectivity index (χ1n) is 4.91. The van der Waals surface area contributed by atoms with Crippen LogP contribution in [0.5, 0.6) is 0 Å². The van der Waals surface area contributed by atoms with Crippen molar-refractivity contribution in [3.05, 3.63) is 23.0 Å². The van der Waals surface area contributed by atoms with Gasteiger partial charge in [0.1, 0.15) is 5.15 Å². The molecule has 1 saturated heterocycles. The summed E-state index contributed by atoms with van der Waals surface area (Å²) in [6.45, 7) is 1.05. The van der Waals surface area contributed by atoms with Gasteiger partial charge in [0.15, 0.2) is 0 Å². The zero-order chi connectivity index (χ0) is 9.97. The molecule has 0 radical (unpaired) electrons. The number of pyridine rings is 1. The number of piperidine rings is 1. The lowest BCUT2D eigenvalue weighted by Gasteiger charge is -2.24. The van der Waals surface area contributed by atoms with Gasteiger partial charge in [-0.3, -0.25) is 0 Å². The highest BCUT2D eigenvalue weighted by Gasteiger charge is 2.17. The van der Waals surface area contributed by atoms with Crippen LogP contribution in [0.1, 0.15) is 30.9 Å². The zero-order valence-electron chi connectivity index (χ0n) is 7.96. The maximum Gasteiger partial charge on any atom is 0.133 e. The van der Waals surface area contributed by atoms with Crippen molar-refractivity contribution in [1.82, 2.24) is 10.3 Å². The van der Waals surface area contributed by atoms with E-state index in [1.54, 1.807) is 6.20 Å². The minimum absolute atomic E-state index is 0.326. The van der Waals surface area contributed by atoms with Crippen molar-refractivity contribution in [2.75, 3.05) is 12.3 Å². The molecule has 0 bridgehead atoms. The molecule has 0 aromatic carbocycles. The smallest absolute Gasteiger partial charge is 0.133 e. The Morgan fingerprint density at radius 1 is 1.50 bits per heavy atom. The lowest BCUT2D eigenvalue weighted by Crippen LogP contribution is -2.27. The second-order valence-corrected chi connectivity index (χ2v) is 4.01. The number of nitrogen functional groups attached to an aromatic ring is 1. The minimum Gasteiger partial charge on any atom is -0.397 e. The van der Waals surface area contributed by atoms with Crippen LogP contribution in [0.2, 0.25) is 5.15 Å². The molecule has 1 aliphatic rings. The largest absolute Gasteiger partial charge is 0.397 e. The SMILES string of the molecule is Nc1cnc(Cl)c(C2CCCCN2)c1. The molecular formula is C10H14ClN3. The number of aromatic nitrogens is 1. The number of nitrogens with one attached hydrogen (secondary N) is 1.